The van der Waals surface area contributed by atoms with Crippen molar-refractivity contribution >= 4 is 0 Å². The molecule has 27 heavy (non-hydrogen) atoms. The third kappa shape index (κ3) is 4.73. The summed E-state index contributed by atoms with van der Waals surface area (Å²) in [6.07, 6.45) is 4.60. The third-order valence-corrected chi connectivity index (χ3v) is 5.51. The van der Waals surface area contributed by atoms with Gasteiger partial charge in [-0.2, -0.15) is 0 Å². The van der Waals surface area contributed by atoms with Crippen LogP contribution in [0.3, 0.4) is 0 Å². The Morgan fingerprint density at radius 3 is 2.26 bits per heavy atom. The molecular formula is C23H27F3O. The van der Waals surface area contributed by atoms with Gasteiger partial charge in [-0.3, -0.25) is 0 Å². The first-order chi connectivity index (χ1) is 13.0. The fraction of sp³-hybridized carbons (Fsp3) is 0.478. The zero-order valence-corrected chi connectivity index (χ0v) is 16.0. The zero-order valence-electron chi connectivity index (χ0n) is 16.0. The topological polar surface area (TPSA) is 9.23 Å². The van der Waals surface area contributed by atoms with Gasteiger partial charge in [-0.1, -0.05) is 37.6 Å². The van der Waals surface area contributed by atoms with Crippen molar-refractivity contribution < 1.29 is 17.9 Å². The monoisotopic (exact) mass is 376 g/mol. The van der Waals surface area contributed by atoms with E-state index in [0.29, 0.717) is 12.0 Å². The van der Waals surface area contributed by atoms with Gasteiger partial charge in [0.15, 0.2) is 11.6 Å². The van der Waals surface area contributed by atoms with Crippen molar-refractivity contribution in [3.05, 3.63) is 70.0 Å². The normalized spacial score (nSPS) is 20.0. The van der Waals surface area contributed by atoms with Crippen molar-refractivity contribution in [3.8, 4) is 0 Å². The van der Waals surface area contributed by atoms with Gasteiger partial charge in [0.1, 0.15) is 5.82 Å². The predicted octanol–water partition coefficient (Wildman–Crippen LogP) is 6.61. The van der Waals surface area contributed by atoms with Crippen LogP contribution in [0.25, 0.3) is 0 Å². The SMILES string of the molecule is CCCc1ccc(COC2CCC(c3ccc(C)cc3F)CC2)c(F)c1F. The van der Waals surface area contributed by atoms with Crippen LogP contribution in [0.2, 0.25) is 0 Å². The summed E-state index contributed by atoms with van der Waals surface area (Å²) in [4.78, 5) is 0. The van der Waals surface area contributed by atoms with Gasteiger partial charge >= 0.3 is 0 Å². The summed E-state index contributed by atoms with van der Waals surface area (Å²) in [5, 5.41) is 0. The molecule has 0 saturated heterocycles. The summed E-state index contributed by atoms with van der Waals surface area (Å²) in [5.74, 6) is -1.48. The molecule has 0 unspecified atom stereocenters. The van der Waals surface area contributed by atoms with Crippen molar-refractivity contribution in [1.29, 1.82) is 0 Å². The molecule has 0 radical (unpaired) electrons. The molecule has 2 aromatic rings. The van der Waals surface area contributed by atoms with E-state index in [1.165, 1.54) is 0 Å². The maximum Gasteiger partial charge on any atom is 0.164 e. The summed E-state index contributed by atoms with van der Waals surface area (Å²) in [6, 6.07) is 8.68. The van der Waals surface area contributed by atoms with Gasteiger partial charge in [0.05, 0.1) is 12.7 Å². The Labute approximate surface area is 159 Å². The molecule has 1 saturated carbocycles. The molecule has 0 atom stereocenters. The standard InChI is InChI=1S/C23H27F3O/c1-3-4-17-6-7-18(23(26)22(17)25)14-27-19-10-8-16(9-11-19)20-12-5-15(2)13-21(20)24/h5-7,12-13,16,19H,3-4,8-11,14H2,1-2H3. The number of hydrogen-bond acceptors (Lipinski definition) is 1. The molecule has 0 spiro atoms. The largest absolute Gasteiger partial charge is 0.373 e. The number of halogens is 3. The fourth-order valence-electron chi connectivity index (χ4n) is 3.91. The Hall–Kier alpha value is -1.81. The van der Waals surface area contributed by atoms with Crippen LogP contribution in [0.5, 0.6) is 0 Å². The van der Waals surface area contributed by atoms with E-state index in [1.807, 2.05) is 26.0 Å². The maximum atomic E-state index is 14.2. The minimum absolute atomic E-state index is 0.00698. The molecule has 1 nitrogen and oxygen atoms in total. The molecule has 0 bridgehead atoms. The second-order valence-electron chi connectivity index (χ2n) is 7.57. The van der Waals surface area contributed by atoms with Gasteiger partial charge < -0.3 is 4.74 Å². The smallest absolute Gasteiger partial charge is 0.164 e. The Bertz CT molecular complexity index is 779. The summed E-state index contributed by atoms with van der Waals surface area (Å²) >= 11 is 0. The molecule has 0 aliphatic heterocycles. The number of ether oxygens (including phenoxy) is 1. The Kier molecular flexibility index (Phi) is 6.59. The second kappa shape index (κ2) is 8.92. The quantitative estimate of drug-likeness (QED) is 0.551. The third-order valence-electron chi connectivity index (χ3n) is 5.51. The van der Waals surface area contributed by atoms with Crippen LogP contribution in [0.4, 0.5) is 13.2 Å². The summed E-state index contributed by atoms with van der Waals surface area (Å²) in [6.45, 7) is 3.89. The van der Waals surface area contributed by atoms with E-state index in [9.17, 15) is 13.2 Å². The Balaban J connectivity index is 1.55. The van der Waals surface area contributed by atoms with Crippen molar-refractivity contribution in [2.24, 2.45) is 0 Å². The van der Waals surface area contributed by atoms with Crippen molar-refractivity contribution in [3.63, 3.8) is 0 Å². The lowest BCUT2D eigenvalue weighted by Crippen LogP contribution is -2.21. The first kappa shape index (κ1) is 19.9. The van der Waals surface area contributed by atoms with Crippen LogP contribution < -0.4 is 0 Å². The van der Waals surface area contributed by atoms with E-state index in [0.717, 1.165) is 43.2 Å². The Morgan fingerprint density at radius 1 is 0.926 bits per heavy atom. The van der Waals surface area contributed by atoms with E-state index in [2.05, 4.69) is 0 Å². The number of hydrogen-bond donors (Lipinski definition) is 0. The van der Waals surface area contributed by atoms with E-state index in [4.69, 9.17) is 4.74 Å². The highest BCUT2D eigenvalue weighted by molar-refractivity contribution is 5.27. The molecule has 0 N–H and O–H groups in total. The molecule has 1 aliphatic carbocycles. The first-order valence-electron chi connectivity index (χ1n) is 9.83. The molecule has 3 rings (SSSR count). The molecular weight excluding hydrogens is 349 g/mol. The van der Waals surface area contributed by atoms with Crippen LogP contribution in [0.15, 0.2) is 30.3 Å². The van der Waals surface area contributed by atoms with Gasteiger partial charge in [0, 0.05) is 5.56 Å². The second-order valence-corrected chi connectivity index (χ2v) is 7.57. The highest BCUT2D eigenvalue weighted by Crippen LogP contribution is 2.35. The Morgan fingerprint density at radius 2 is 1.59 bits per heavy atom. The highest BCUT2D eigenvalue weighted by Gasteiger charge is 2.25. The van der Waals surface area contributed by atoms with Crippen LogP contribution in [0, 0.1) is 24.4 Å². The maximum absolute atomic E-state index is 14.2. The fourth-order valence-corrected chi connectivity index (χ4v) is 3.91. The minimum atomic E-state index is -0.795. The zero-order chi connectivity index (χ0) is 19.4. The number of aryl methyl sites for hydroxylation is 2. The van der Waals surface area contributed by atoms with Gasteiger partial charge in [0.25, 0.3) is 0 Å². The van der Waals surface area contributed by atoms with Crippen LogP contribution in [-0.4, -0.2) is 6.10 Å². The lowest BCUT2D eigenvalue weighted by Gasteiger charge is -2.29. The molecule has 2 aromatic carbocycles. The van der Waals surface area contributed by atoms with Crippen LogP contribution >= 0.6 is 0 Å². The molecule has 0 aromatic heterocycles. The van der Waals surface area contributed by atoms with E-state index < -0.39 is 11.6 Å². The van der Waals surface area contributed by atoms with Crippen molar-refractivity contribution in [1.82, 2.24) is 0 Å². The summed E-state index contributed by atoms with van der Waals surface area (Å²) in [7, 11) is 0. The average molecular weight is 376 g/mol. The lowest BCUT2D eigenvalue weighted by atomic mass is 9.82. The van der Waals surface area contributed by atoms with Crippen molar-refractivity contribution in [2.75, 3.05) is 0 Å². The molecule has 146 valence electrons. The lowest BCUT2D eigenvalue weighted by molar-refractivity contribution is 0.0116. The molecule has 1 fully saturated rings. The average Bonchev–Trinajstić information content (AvgIpc) is 2.66. The van der Waals surface area contributed by atoms with Gasteiger partial charge in [-0.25, -0.2) is 13.2 Å². The minimum Gasteiger partial charge on any atom is -0.373 e. The summed E-state index contributed by atoms with van der Waals surface area (Å²) < 4.78 is 48.3. The predicted molar refractivity (Wildman–Crippen MR) is 101 cm³/mol. The van der Waals surface area contributed by atoms with Gasteiger partial charge in [-0.15, -0.1) is 0 Å². The van der Waals surface area contributed by atoms with Crippen LogP contribution in [0.1, 0.15) is 67.2 Å². The molecule has 1 aliphatic rings. The molecule has 4 heteroatoms. The molecule has 0 amide bonds. The van der Waals surface area contributed by atoms with E-state index in [-0.39, 0.29) is 30.0 Å². The van der Waals surface area contributed by atoms with Gasteiger partial charge in [-0.05, 0) is 67.7 Å². The summed E-state index contributed by atoms with van der Waals surface area (Å²) in [5.41, 5.74) is 2.38. The number of rotatable bonds is 6. The van der Waals surface area contributed by atoms with Gasteiger partial charge in [0.2, 0.25) is 0 Å². The van der Waals surface area contributed by atoms with Crippen LogP contribution in [-0.2, 0) is 17.8 Å². The van der Waals surface area contributed by atoms with Crippen molar-refractivity contribution in [2.45, 2.75) is 71.0 Å². The van der Waals surface area contributed by atoms with E-state index in [1.54, 1.807) is 18.2 Å². The number of benzene rings is 2. The highest BCUT2D eigenvalue weighted by atomic mass is 19.2. The molecule has 0 heterocycles. The van der Waals surface area contributed by atoms with E-state index >= 15 is 0 Å². The first-order valence-corrected chi connectivity index (χ1v) is 9.83.